The van der Waals surface area contributed by atoms with Crippen molar-refractivity contribution in [2.75, 3.05) is 5.32 Å². The van der Waals surface area contributed by atoms with Gasteiger partial charge < -0.3 is 5.32 Å². The summed E-state index contributed by atoms with van der Waals surface area (Å²) >= 11 is 6.65. The van der Waals surface area contributed by atoms with Crippen molar-refractivity contribution in [2.45, 2.75) is 5.33 Å². The minimum atomic E-state index is -0.214. The Morgan fingerprint density at radius 1 is 1.17 bits per heavy atom. The Morgan fingerprint density at radius 3 is 2.44 bits per heavy atom. The van der Waals surface area contributed by atoms with Crippen LogP contribution in [0.15, 0.2) is 47.1 Å². The van der Waals surface area contributed by atoms with Gasteiger partial charge in [-0.05, 0) is 45.8 Å². The van der Waals surface area contributed by atoms with Gasteiger partial charge in [-0.25, -0.2) is 4.98 Å². The molecule has 2 aromatic rings. The second kappa shape index (κ2) is 6.11. The molecule has 92 valence electrons. The van der Waals surface area contributed by atoms with Gasteiger partial charge in [0.1, 0.15) is 5.69 Å². The molecule has 1 aromatic heterocycles. The zero-order valence-corrected chi connectivity index (χ0v) is 12.5. The summed E-state index contributed by atoms with van der Waals surface area (Å²) in [6.07, 6.45) is 1.60. The molecule has 18 heavy (non-hydrogen) atoms. The van der Waals surface area contributed by atoms with Crippen molar-refractivity contribution in [3.63, 3.8) is 0 Å². The lowest BCUT2D eigenvalue weighted by molar-refractivity contribution is 0.102. The van der Waals surface area contributed by atoms with Crippen LogP contribution in [-0.2, 0) is 5.33 Å². The van der Waals surface area contributed by atoms with Gasteiger partial charge in [-0.1, -0.05) is 28.1 Å². The number of alkyl halides is 1. The van der Waals surface area contributed by atoms with Gasteiger partial charge >= 0.3 is 0 Å². The van der Waals surface area contributed by atoms with E-state index in [-0.39, 0.29) is 5.91 Å². The average molecular weight is 370 g/mol. The number of rotatable bonds is 3. The number of carbonyl (C=O) groups excluding carboxylic acids is 1. The Labute approximate surface area is 122 Å². The first-order valence-corrected chi connectivity index (χ1v) is 7.18. The Bertz CT molecular complexity index is 538. The van der Waals surface area contributed by atoms with E-state index in [0.29, 0.717) is 5.69 Å². The Hall–Kier alpha value is -1.20. The van der Waals surface area contributed by atoms with E-state index in [2.05, 4.69) is 42.2 Å². The molecule has 0 saturated heterocycles. The van der Waals surface area contributed by atoms with Gasteiger partial charge in [-0.15, -0.1) is 0 Å². The number of hydrogen-bond donors (Lipinski definition) is 1. The number of pyridine rings is 1. The van der Waals surface area contributed by atoms with Crippen LogP contribution in [0.25, 0.3) is 0 Å². The molecule has 3 nitrogen and oxygen atoms in total. The molecule has 0 aliphatic rings. The quantitative estimate of drug-likeness (QED) is 0.831. The Morgan fingerprint density at radius 2 is 1.89 bits per heavy atom. The minimum Gasteiger partial charge on any atom is -0.321 e. The predicted octanol–water partition coefficient (Wildman–Crippen LogP) is 3.99. The standard InChI is InChI=1S/C13H10Br2N2O/c14-7-9-1-4-11(5-2-9)17-13(18)12-6-3-10(15)8-16-12/h1-6,8H,7H2,(H,17,18). The van der Waals surface area contributed by atoms with Crippen LogP contribution >= 0.6 is 31.9 Å². The first-order valence-electron chi connectivity index (χ1n) is 5.27. The third-order valence-electron chi connectivity index (χ3n) is 2.33. The normalized spacial score (nSPS) is 10.1. The summed E-state index contributed by atoms with van der Waals surface area (Å²) in [7, 11) is 0. The van der Waals surface area contributed by atoms with Crippen LogP contribution in [-0.4, -0.2) is 10.9 Å². The molecule has 0 aliphatic carbocycles. The molecular formula is C13H10Br2N2O. The van der Waals surface area contributed by atoms with Crippen LogP contribution < -0.4 is 5.32 Å². The van der Waals surface area contributed by atoms with Crippen molar-refractivity contribution < 1.29 is 4.79 Å². The molecule has 1 amide bonds. The van der Waals surface area contributed by atoms with Crippen molar-refractivity contribution in [1.82, 2.24) is 4.98 Å². The summed E-state index contributed by atoms with van der Waals surface area (Å²) in [5.74, 6) is -0.214. The zero-order chi connectivity index (χ0) is 13.0. The number of nitrogens with one attached hydrogen (secondary N) is 1. The smallest absolute Gasteiger partial charge is 0.274 e. The lowest BCUT2D eigenvalue weighted by atomic mass is 10.2. The molecule has 1 heterocycles. The van der Waals surface area contributed by atoms with Crippen molar-refractivity contribution in [3.05, 3.63) is 58.3 Å². The number of halogens is 2. The highest BCUT2D eigenvalue weighted by atomic mass is 79.9. The molecule has 0 saturated carbocycles. The van der Waals surface area contributed by atoms with Crippen molar-refractivity contribution in [1.29, 1.82) is 0 Å². The molecule has 0 unspecified atom stereocenters. The van der Waals surface area contributed by atoms with Crippen molar-refractivity contribution in [3.8, 4) is 0 Å². The molecule has 1 N–H and O–H groups in total. The van der Waals surface area contributed by atoms with Crippen LogP contribution in [0.1, 0.15) is 16.1 Å². The van der Waals surface area contributed by atoms with Gasteiger partial charge in [0.15, 0.2) is 0 Å². The minimum absolute atomic E-state index is 0.214. The summed E-state index contributed by atoms with van der Waals surface area (Å²) < 4.78 is 0.848. The fourth-order valence-corrected chi connectivity index (χ4v) is 1.99. The molecule has 1 aromatic carbocycles. The second-order valence-corrected chi connectivity index (χ2v) is 5.12. The van der Waals surface area contributed by atoms with Crippen molar-refractivity contribution >= 4 is 43.5 Å². The van der Waals surface area contributed by atoms with E-state index in [0.717, 1.165) is 21.1 Å². The highest BCUT2D eigenvalue weighted by molar-refractivity contribution is 9.10. The third-order valence-corrected chi connectivity index (χ3v) is 3.44. The van der Waals surface area contributed by atoms with Crippen LogP contribution in [0.5, 0.6) is 0 Å². The summed E-state index contributed by atoms with van der Waals surface area (Å²) in [6, 6.07) is 11.1. The lowest BCUT2D eigenvalue weighted by Crippen LogP contribution is -2.13. The average Bonchev–Trinajstić information content (AvgIpc) is 2.40. The topological polar surface area (TPSA) is 42.0 Å². The number of carbonyl (C=O) groups is 1. The van der Waals surface area contributed by atoms with Gasteiger partial charge in [0.2, 0.25) is 0 Å². The monoisotopic (exact) mass is 368 g/mol. The fraction of sp³-hybridized carbons (Fsp3) is 0.0769. The molecule has 0 spiro atoms. The Kier molecular flexibility index (Phi) is 4.49. The molecule has 0 fully saturated rings. The maximum atomic E-state index is 11.9. The summed E-state index contributed by atoms with van der Waals surface area (Å²) in [4.78, 5) is 15.9. The first kappa shape index (κ1) is 13.2. The number of aromatic nitrogens is 1. The second-order valence-electron chi connectivity index (χ2n) is 3.65. The zero-order valence-electron chi connectivity index (χ0n) is 9.36. The number of amides is 1. The molecule has 0 radical (unpaired) electrons. The van der Waals surface area contributed by atoms with Gasteiger partial charge in [0, 0.05) is 21.7 Å². The van der Waals surface area contributed by atoms with Crippen molar-refractivity contribution in [2.24, 2.45) is 0 Å². The first-order chi connectivity index (χ1) is 8.69. The fourth-order valence-electron chi connectivity index (χ4n) is 1.38. The molecular weight excluding hydrogens is 360 g/mol. The third kappa shape index (κ3) is 3.40. The maximum Gasteiger partial charge on any atom is 0.274 e. The van der Waals surface area contributed by atoms with E-state index >= 15 is 0 Å². The van der Waals surface area contributed by atoms with Gasteiger partial charge in [0.25, 0.3) is 5.91 Å². The Balaban J connectivity index is 2.08. The maximum absolute atomic E-state index is 11.9. The molecule has 0 atom stereocenters. The van der Waals surface area contributed by atoms with Crippen LogP contribution in [0.4, 0.5) is 5.69 Å². The number of benzene rings is 1. The van der Waals surface area contributed by atoms with E-state index in [1.54, 1.807) is 18.3 Å². The van der Waals surface area contributed by atoms with E-state index in [4.69, 9.17) is 0 Å². The summed E-state index contributed by atoms with van der Waals surface area (Å²) in [6.45, 7) is 0. The van der Waals surface area contributed by atoms with E-state index in [1.807, 2.05) is 24.3 Å². The molecule has 0 aliphatic heterocycles. The largest absolute Gasteiger partial charge is 0.321 e. The van der Waals surface area contributed by atoms with Crippen LogP contribution in [0.2, 0.25) is 0 Å². The summed E-state index contributed by atoms with van der Waals surface area (Å²) in [5, 5.41) is 3.60. The summed E-state index contributed by atoms with van der Waals surface area (Å²) in [5.41, 5.74) is 2.31. The van der Waals surface area contributed by atoms with Gasteiger partial charge in [-0.2, -0.15) is 0 Å². The van der Waals surface area contributed by atoms with E-state index in [1.165, 1.54) is 0 Å². The van der Waals surface area contributed by atoms with Crippen LogP contribution in [0, 0.1) is 0 Å². The molecule has 0 bridgehead atoms. The van der Waals surface area contributed by atoms with E-state index < -0.39 is 0 Å². The van der Waals surface area contributed by atoms with Gasteiger partial charge in [-0.3, -0.25) is 4.79 Å². The van der Waals surface area contributed by atoms with Gasteiger partial charge in [0.05, 0.1) is 0 Å². The van der Waals surface area contributed by atoms with E-state index in [9.17, 15) is 4.79 Å². The number of nitrogens with zero attached hydrogens (tertiary/aromatic N) is 1. The number of anilines is 1. The lowest BCUT2D eigenvalue weighted by Gasteiger charge is -2.05. The predicted molar refractivity (Wildman–Crippen MR) is 79.0 cm³/mol. The highest BCUT2D eigenvalue weighted by Crippen LogP contribution is 2.13. The van der Waals surface area contributed by atoms with Crippen LogP contribution in [0.3, 0.4) is 0 Å². The molecule has 2 rings (SSSR count). The number of hydrogen-bond acceptors (Lipinski definition) is 2. The molecule has 5 heteroatoms. The SMILES string of the molecule is O=C(Nc1ccc(CBr)cc1)c1ccc(Br)cn1. The highest BCUT2D eigenvalue weighted by Gasteiger charge is 2.07.